The summed E-state index contributed by atoms with van der Waals surface area (Å²) in [5, 5.41) is 2.62. The predicted octanol–water partition coefficient (Wildman–Crippen LogP) is 2.66. The quantitative estimate of drug-likeness (QED) is 0.484. The highest BCUT2D eigenvalue weighted by Gasteiger charge is 2.38. The molecule has 1 fully saturated rings. The van der Waals surface area contributed by atoms with Crippen LogP contribution in [0, 0.1) is 0 Å². The third kappa shape index (κ3) is 5.04. The molecule has 0 aromatic heterocycles. The molecular weight excluding hydrogens is 428 g/mol. The largest absolute Gasteiger partial charge is 0.494 e. The minimum absolute atomic E-state index is 0.0859. The zero-order chi connectivity index (χ0) is 23.4. The summed E-state index contributed by atoms with van der Waals surface area (Å²) < 4.78 is 15.9. The van der Waals surface area contributed by atoms with Crippen molar-refractivity contribution in [2.24, 2.45) is 0 Å². The van der Waals surface area contributed by atoms with Gasteiger partial charge in [0.05, 0.1) is 35.9 Å². The number of hydrogen-bond donors (Lipinski definition) is 1. The molecule has 1 atom stereocenters. The number of nitrogens with one attached hydrogen (secondary N) is 1. The summed E-state index contributed by atoms with van der Waals surface area (Å²) in [5.74, 6) is -1.46. The Morgan fingerprint density at radius 3 is 2.55 bits per heavy atom. The molecule has 0 spiro atoms. The molecule has 0 aliphatic carbocycles. The standard InChI is InChI=1S/C24H24N2O7/c1-2-31-17-8-6-16(7-9-17)25-21(27)14-33-24(30)15-5-10-19-20(12-15)23(29)26(22(19)28)13-18-4-3-11-32-18/h5-10,12,18H,2-4,11,13-14H2,1H3,(H,25,27)/t18-/m0/s1. The number of imide groups is 1. The maximum absolute atomic E-state index is 12.7. The molecule has 0 saturated carbocycles. The number of nitrogens with zero attached hydrogens (tertiary/aromatic N) is 1. The second-order valence-electron chi connectivity index (χ2n) is 7.70. The lowest BCUT2D eigenvalue weighted by Crippen LogP contribution is -2.36. The maximum Gasteiger partial charge on any atom is 0.338 e. The van der Waals surface area contributed by atoms with E-state index in [1.165, 1.54) is 18.2 Å². The number of rotatable bonds is 8. The summed E-state index contributed by atoms with van der Waals surface area (Å²) in [6.45, 7) is 2.73. The van der Waals surface area contributed by atoms with Crippen LogP contribution in [0.4, 0.5) is 5.69 Å². The number of anilines is 1. The van der Waals surface area contributed by atoms with Crippen LogP contribution in [0.15, 0.2) is 42.5 Å². The average Bonchev–Trinajstić information content (AvgIpc) is 3.42. The molecule has 2 aliphatic heterocycles. The lowest BCUT2D eigenvalue weighted by molar-refractivity contribution is -0.119. The van der Waals surface area contributed by atoms with E-state index in [0.717, 1.165) is 17.7 Å². The summed E-state index contributed by atoms with van der Waals surface area (Å²) in [7, 11) is 0. The Kier molecular flexibility index (Phi) is 6.69. The van der Waals surface area contributed by atoms with Gasteiger partial charge in [-0.05, 0) is 62.2 Å². The molecule has 33 heavy (non-hydrogen) atoms. The second kappa shape index (κ2) is 9.83. The van der Waals surface area contributed by atoms with Gasteiger partial charge in [-0.2, -0.15) is 0 Å². The average molecular weight is 452 g/mol. The van der Waals surface area contributed by atoms with Crippen LogP contribution in [-0.2, 0) is 14.3 Å². The molecule has 2 aromatic carbocycles. The third-order valence-electron chi connectivity index (χ3n) is 5.40. The first-order valence-electron chi connectivity index (χ1n) is 10.8. The van der Waals surface area contributed by atoms with Gasteiger partial charge in [-0.25, -0.2) is 4.79 Å². The Morgan fingerprint density at radius 2 is 1.85 bits per heavy atom. The normalized spacial score (nSPS) is 17.1. The van der Waals surface area contributed by atoms with E-state index < -0.39 is 30.3 Å². The second-order valence-corrected chi connectivity index (χ2v) is 7.70. The number of esters is 1. The van der Waals surface area contributed by atoms with Gasteiger partial charge in [0.25, 0.3) is 17.7 Å². The van der Waals surface area contributed by atoms with Crippen molar-refractivity contribution in [2.75, 3.05) is 31.7 Å². The first-order chi connectivity index (χ1) is 16.0. The van der Waals surface area contributed by atoms with E-state index in [2.05, 4.69) is 5.32 Å². The molecular formula is C24H24N2O7. The molecule has 4 rings (SSSR count). The van der Waals surface area contributed by atoms with E-state index >= 15 is 0 Å². The highest BCUT2D eigenvalue weighted by Crippen LogP contribution is 2.26. The number of hydrogen-bond acceptors (Lipinski definition) is 7. The number of fused-ring (bicyclic) bond motifs is 1. The van der Waals surface area contributed by atoms with Gasteiger partial charge in [0, 0.05) is 12.3 Å². The maximum atomic E-state index is 12.7. The van der Waals surface area contributed by atoms with Crippen LogP contribution >= 0.6 is 0 Å². The zero-order valence-electron chi connectivity index (χ0n) is 18.2. The summed E-state index contributed by atoms with van der Waals surface area (Å²) in [5.41, 5.74) is 1.00. The number of benzene rings is 2. The highest BCUT2D eigenvalue weighted by molar-refractivity contribution is 6.22. The molecule has 2 aliphatic rings. The lowest BCUT2D eigenvalue weighted by Gasteiger charge is -2.17. The minimum atomic E-state index is -0.766. The van der Waals surface area contributed by atoms with Crippen LogP contribution in [0.25, 0.3) is 0 Å². The lowest BCUT2D eigenvalue weighted by atomic mass is 10.1. The van der Waals surface area contributed by atoms with Crippen LogP contribution in [0.1, 0.15) is 50.8 Å². The predicted molar refractivity (Wildman–Crippen MR) is 117 cm³/mol. The van der Waals surface area contributed by atoms with Gasteiger partial charge < -0.3 is 19.5 Å². The van der Waals surface area contributed by atoms with Gasteiger partial charge in [-0.15, -0.1) is 0 Å². The van der Waals surface area contributed by atoms with Crippen molar-refractivity contribution in [1.29, 1.82) is 0 Å². The number of carbonyl (C=O) groups excluding carboxylic acids is 4. The molecule has 3 amide bonds. The van der Waals surface area contributed by atoms with Crippen LogP contribution in [0.3, 0.4) is 0 Å². The third-order valence-corrected chi connectivity index (χ3v) is 5.40. The van der Waals surface area contributed by atoms with Gasteiger partial charge >= 0.3 is 5.97 Å². The van der Waals surface area contributed by atoms with E-state index in [4.69, 9.17) is 14.2 Å². The smallest absolute Gasteiger partial charge is 0.338 e. The SMILES string of the molecule is CCOc1ccc(NC(=O)COC(=O)c2ccc3c(c2)C(=O)N(C[C@@H]2CCCO2)C3=O)cc1. The molecule has 9 nitrogen and oxygen atoms in total. The number of ether oxygens (including phenoxy) is 3. The fourth-order valence-electron chi connectivity index (χ4n) is 3.79. The molecule has 1 saturated heterocycles. The van der Waals surface area contributed by atoms with E-state index in [1.807, 2.05) is 6.92 Å². The van der Waals surface area contributed by atoms with E-state index in [9.17, 15) is 19.2 Å². The number of carbonyl (C=O) groups is 4. The molecule has 2 heterocycles. The Labute approximate surface area is 190 Å². The topological polar surface area (TPSA) is 111 Å². The van der Waals surface area contributed by atoms with E-state index in [0.29, 0.717) is 24.7 Å². The Balaban J connectivity index is 1.34. The van der Waals surface area contributed by atoms with Crippen molar-refractivity contribution in [3.05, 3.63) is 59.2 Å². The van der Waals surface area contributed by atoms with Crippen LogP contribution in [0.5, 0.6) is 5.75 Å². The van der Waals surface area contributed by atoms with Crippen molar-refractivity contribution >= 4 is 29.4 Å². The summed E-state index contributed by atoms with van der Waals surface area (Å²) >= 11 is 0. The molecule has 0 unspecified atom stereocenters. The van der Waals surface area contributed by atoms with Crippen LogP contribution in [0.2, 0.25) is 0 Å². The Bertz CT molecular complexity index is 1070. The van der Waals surface area contributed by atoms with Gasteiger partial charge in [0.2, 0.25) is 0 Å². The van der Waals surface area contributed by atoms with E-state index in [-0.39, 0.29) is 29.3 Å². The van der Waals surface area contributed by atoms with E-state index in [1.54, 1.807) is 24.3 Å². The fraction of sp³-hybridized carbons (Fsp3) is 0.333. The van der Waals surface area contributed by atoms with Crippen LogP contribution in [-0.4, -0.2) is 61.1 Å². The summed E-state index contributed by atoms with van der Waals surface area (Å²) in [6, 6.07) is 11.0. The molecule has 172 valence electrons. The van der Waals surface area contributed by atoms with Crippen molar-refractivity contribution in [1.82, 2.24) is 4.90 Å². The molecule has 0 bridgehead atoms. The summed E-state index contributed by atoms with van der Waals surface area (Å²) in [6.07, 6.45) is 1.53. The molecule has 0 radical (unpaired) electrons. The van der Waals surface area contributed by atoms with Crippen LogP contribution < -0.4 is 10.1 Å². The first kappa shape index (κ1) is 22.5. The van der Waals surface area contributed by atoms with Gasteiger partial charge in [0.1, 0.15) is 5.75 Å². The van der Waals surface area contributed by atoms with Crippen molar-refractivity contribution in [3.8, 4) is 5.75 Å². The minimum Gasteiger partial charge on any atom is -0.494 e. The zero-order valence-corrected chi connectivity index (χ0v) is 18.2. The van der Waals surface area contributed by atoms with Gasteiger partial charge in [0.15, 0.2) is 6.61 Å². The van der Waals surface area contributed by atoms with Crippen molar-refractivity contribution in [3.63, 3.8) is 0 Å². The van der Waals surface area contributed by atoms with Crippen molar-refractivity contribution < 1.29 is 33.4 Å². The molecule has 2 aromatic rings. The summed E-state index contributed by atoms with van der Waals surface area (Å²) in [4.78, 5) is 51.0. The van der Waals surface area contributed by atoms with Crippen molar-refractivity contribution in [2.45, 2.75) is 25.9 Å². The first-order valence-corrected chi connectivity index (χ1v) is 10.8. The monoisotopic (exact) mass is 452 g/mol. The molecule has 9 heteroatoms. The van der Waals surface area contributed by atoms with Gasteiger partial charge in [-0.1, -0.05) is 0 Å². The van der Waals surface area contributed by atoms with Gasteiger partial charge in [-0.3, -0.25) is 19.3 Å². The number of amides is 3. The highest BCUT2D eigenvalue weighted by atomic mass is 16.5. The fourth-order valence-corrected chi connectivity index (χ4v) is 3.79. The Morgan fingerprint density at radius 1 is 1.09 bits per heavy atom. The Hall–Kier alpha value is -3.72. The molecule has 1 N–H and O–H groups in total.